The lowest BCUT2D eigenvalue weighted by molar-refractivity contribution is 0.0470. The maximum absolute atomic E-state index is 12.0. The number of esters is 1. The Morgan fingerprint density at radius 2 is 2.14 bits per heavy atom. The molecule has 0 aromatic carbocycles. The second-order valence-corrected chi connectivity index (χ2v) is 5.70. The molecule has 2 rings (SSSR count). The van der Waals surface area contributed by atoms with Crippen LogP contribution in [0.25, 0.3) is 0 Å². The maximum Gasteiger partial charge on any atom is 0.338 e. The van der Waals surface area contributed by atoms with Crippen molar-refractivity contribution in [2.24, 2.45) is 7.05 Å². The van der Waals surface area contributed by atoms with Gasteiger partial charge >= 0.3 is 5.97 Å². The Bertz CT molecular complexity index is 629. The minimum absolute atomic E-state index is 0.185. The van der Waals surface area contributed by atoms with Gasteiger partial charge in [0.1, 0.15) is 12.2 Å². The molecule has 2 aromatic heterocycles. The number of carbonyl (C=O) groups is 1. The van der Waals surface area contributed by atoms with Crippen molar-refractivity contribution in [3.8, 4) is 5.88 Å². The summed E-state index contributed by atoms with van der Waals surface area (Å²) in [4.78, 5) is 16.1. The molecule has 0 radical (unpaired) electrons. The highest BCUT2D eigenvalue weighted by molar-refractivity contribution is 5.89. The van der Waals surface area contributed by atoms with Crippen LogP contribution in [0.1, 0.15) is 36.7 Å². The lowest BCUT2D eigenvalue weighted by Gasteiger charge is -2.20. The number of ether oxygens (including phenoxy) is 2. The standard InChI is InChI=1S/C15H19N3O3/c1-15(2,3)21-13-7-12(5-6-16-13)14(19)20-10-11-8-17-18(4)9-11/h5-9H,10H2,1-4H3. The molecular formula is C15H19N3O3. The van der Waals surface area contributed by atoms with E-state index in [2.05, 4.69) is 10.1 Å². The van der Waals surface area contributed by atoms with Crippen molar-refractivity contribution >= 4 is 5.97 Å². The second kappa shape index (κ2) is 5.95. The molecule has 0 fully saturated rings. The van der Waals surface area contributed by atoms with E-state index >= 15 is 0 Å². The van der Waals surface area contributed by atoms with Crippen LogP contribution >= 0.6 is 0 Å². The van der Waals surface area contributed by atoms with Crippen LogP contribution in [0, 0.1) is 0 Å². The summed E-state index contributed by atoms with van der Waals surface area (Å²) in [6.07, 6.45) is 4.99. The molecule has 0 spiro atoms. The van der Waals surface area contributed by atoms with Crippen LogP contribution in [0.15, 0.2) is 30.7 Å². The average molecular weight is 289 g/mol. The topological polar surface area (TPSA) is 66.2 Å². The Morgan fingerprint density at radius 1 is 1.38 bits per heavy atom. The number of pyridine rings is 1. The van der Waals surface area contributed by atoms with Crippen LogP contribution in [-0.2, 0) is 18.4 Å². The molecule has 0 aliphatic heterocycles. The van der Waals surface area contributed by atoms with Gasteiger partial charge in [-0.25, -0.2) is 9.78 Å². The average Bonchev–Trinajstić information content (AvgIpc) is 2.80. The van der Waals surface area contributed by atoms with Gasteiger partial charge in [0.05, 0.1) is 11.8 Å². The van der Waals surface area contributed by atoms with Crippen LogP contribution in [0.3, 0.4) is 0 Å². The SMILES string of the molecule is Cn1cc(COC(=O)c2ccnc(OC(C)(C)C)c2)cn1. The smallest absolute Gasteiger partial charge is 0.338 e. The van der Waals surface area contributed by atoms with E-state index in [1.807, 2.05) is 27.8 Å². The van der Waals surface area contributed by atoms with Crippen LogP contribution in [0.5, 0.6) is 5.88 Å². The van der Waals surface area contributed by atoms with E-state index in [-0.39, 0.29) is 12.2 Å². The molecule has 0 saturated carbocycles. The van der Waals surface area contributed by atoms with Crippen molar-refractivity contribution in [2.45, 2.75) is 33.0 Å². The first-order valence-corrected chi connectivity index (χ1v) is 6.63. The van der Waals surface area contributed by atoms with Crippen molar-refractivity contribution < 1.29 is 14.3 Å². The third-order valence-electron chi connectivity index (χ3n) is 2.51. The van der Waals surface area contributed by atoms with Gasteiger partial charge in [-0.05, 0) is 26.8 Å². The zero-order valence-electron chi connectivity index (χ0n) is 12.7. The summed E-state index contributed by atoms with van der Waals surface area (Å²) < 4.78 is 12.5. The largest absolute Gasteiger partial charge is 0.472 e. The van der Waals surface area contributed by atoms with Crippen LogP contribution < -0.4 is 4.74 Å². The summed E-state index contributed by atoms with van der Waals surface area (Å²) >= 11 is 0. The van der Waals surface area contributed by atoms with E-state index in [9.17, 15) is 4.79 Å². The zero-order valence-corrected chi connectivity index (χ0v) is 12.7. The minimum Gasteiger partial charge on any atom is -0.472 e. The van der Waals surface area contributed by atoms with Crippen molar-refractivity contribution in [1.82, 2.24) is 14.8 Å². The molecule has 0 atom stereocenters. The summed E-state index contributed by atoms with van der Waals surface area (Å²) in [6, 6.07) is 3.18. The van der Waals surface area contributed by atoms with Crippen LogP contribution in [0.2, 0.25) is 0 Å². The minimum atomic E-state index is -0.417. The van der Waals surface area contributed by atoms with Crippen molar-refractivity contribution in [2.75, 3.05) is 0 Å². The monoisotopic (exact) mass is 289 g/mol. The fourth-order valence-corrected chi connectivity index (χ4v) is 1.68. The molecule has 6 heteroatoms. The van der Waals surface area contributed by atoms with E-state index in [1.54, 1.807) is 29.2 Å². The fourth-order valence-electron chi connectivity index (χ4n) is 1.68. The molecule has 112 valence electrons. The molecule has 2 heterocycles. The van der Waals surface area contributed by atoms with Gasteiger partial charge in [0.2, 0.25) is 5.88 Å². The van der Waals surface area contributed by atoms with E-state index < -0.39 is 5.97 Å². The molecule has 0 saturated heterocycles. The number of nitrogens with zero attached hydrogens (tertiary/aromatic N) is 3. The summed E-state index contributed by atoms with van der Waals surface area (Å²) in [5, 5.41) is 4.02. The summed E-state index contributed by atoms with van der Waals surface area (Å²) in [7, 11) is 1.81. The Morgan fingerprint density at radius 3 is 2.76 bits per heavy atom. The van der Waals surface area contributed by atoms with E-state index in [0.29, 0.717) is 11.4 Å². The lowest BCUT2D eigenvalue weighted by Crippen LogP contribution is -2.23. The Labute approximate surface area is 123 Å². The zero-order chi connectivity index (χ0) is 15.5. The van der Waals surface area contributed by atoms with Gasteiger partial charge < -0.3 is 9.47 Å². The fraction of sp³-hybridized carbons (Fsp3) is 0.400. The molecule has 21 heavy (non-hydrogen) atoms. The number of carbonyl (C=O) groups excluding carboxylic acids is 1. The summed E-state index contributed by atoms with van der Waals surface area (Å²) in [6.45, 7) is 5.94. The normalized spacial score (nSPS) is 11.2. The predicted octanol–water partition coefficient (Wildman–Crippen LogP) is 2.35. The number of rotatable bonds is 4. The van der Waals surface area contributed by atoms with Gasteiger partial charge in [-0.1, -0.05) is 0 Å². The third-order valence-corrected chi connectivity index (χ3v) is 2.51. The lowest BCUT2D eigenvalue weighted by atomic mass is 10.2. The number of aromatic nitrogens is 3. The van der Waals surface area contributed by atoms with Gasteiger partial charge in [0.15, 0.2) is 0 Å². The maximum atomic E-state index is 12.0. The highest BCUT2D eigenvalue weighted by Crippen LogP contribution is 2.17. The summed E-state index contributed by atoms with van der Waals surface area (Å²) in [5.41, 5.74) is 0.879. The molecule has 6 nitrogen and oxygen atoms in total. The number of hydrogen-bond acceptors (Lipinski definition) is 5. The van der Waals surface area contributed by atoms with Gasteiger partial charge in [0.25, 0.3) is 0 Å². The van der Waals surface area contributed by atoms with Gasteiger partial charge in [-0.15, -0.1) is 0 Å². The van der Waals surface area contributed by atoms with E-state index in [4.69, 9.17) is 9.47 Å². The highest BCUT2D eigenvalue weighted by Gasteiger charge is 2.15. The second-order valence-electron chi connectivity index (χ2n) is 5.70. The Kier molecular flexibility index (Phi) is 4.26. The summed E-state index contributed by atoms with van der Waals surface area (Å²) in [5.74, 6) is -0.0154. The third kappa shape index (κ3) is 4.59. The van der Waals surface area contributed by atoms with E-state index in [1.165, 1.54) is 6.20 Å². The van der Waals surface area contributed by atoms with Gasteiger partial charge in [0, 0.05) is 31.1 Å². The predicted molar refractivity (Wildman–Crippen MR) is 76.9 cm³/mol. The van der Waals surface area contributed by atoms with Crippen molar-refractivity contribution in [3.05, 3.63) is 41.9 Å². The highest BCUT2D eigenvalue weighted by atomic mass is 16.5. The van der Waals surface area contributed by atoms with Crippen molar-refractivity contribution in [3.63, 3.8) is 0 Å². The number of aryl methyl sites for hydroxylation is 1. The molecular weight excluding hydrogens is 270 g/mol. The first-order chi connectivity index (χ1) is 9.83. The Balaban J connectivity index is 2.00. The molecule has 0 N–H and O–H groups in total. The quantitative estimate of drug-likeness (QED) is 0.808. The molecule has 2 aromatic rings. The first-order valence-electron chi connectivity index (χ1n) is 6.63. The van der Waals surface area contributed by atoms with Gasteiger partial charge in [-0.2, -0.15) is 5.10 Å². The van der Waals surface area contributed by atoms with Crippen molar-refractivity contribution in [1.29, 1.82) is 0 Å². The molecule has 0 aliphatic carbocycles. The molecule has 0 aliphatic rings. The first kappa shape index (κ1) is 15.0. The van der Waals surface area contributed by atoms with E-state index in [0.717, 1.165) is 5.56 Å². The molecule has 0 unspecified atom stereocenters. The van der Waals surface area contributed by atoms with Gasteiger partial charge in [-0.3, -0.25) is 4.68 Å². The van der Waals surface area contributed by atoms with Crippen LogP contribution in [-0.4, -0.2) is 26.3 Å². The number of hydrogen-bond donors (Lipinski definition) is 0. The molecule has 0 bridgehead atoms. The Hall–Kier alpha value is -2.37. The van der Waals surface area contributed by atoms with Crippen LogP contribution in [0.4, 0.5) is 0 Å². The molecule has 0 amide bonds.